The van der Waals surface area contributed by atoms with E-state index in [0.717, 1.165) is 29.4 Å². The Balaban J connectivity index is 2.31. The molecule has 0 aromatic heterocycles. The Labute approximate surface area is 116 Å². The first kappa shape index (κ1) is 13.6. The second-order valence-corrected chi connectivity index (χ2v) is 6.15. The van der Waals surface area contributed by atoms with Gasteiger partial charge in [0.15, 0.2) is 0 Å². The third kappa shape index (κ3) is 2.45. The predicted octanol–water partition coefficient (Wildman–Crippen LogP) is 2.74. The highest BCUT2D eigenvalue weighted by Crippen LogP contribution is 2.30. The molecule has 0 saturated carbocycles. The van der Waals surface area contributed by atoms with Crippen molar-refractivity contribution in [2.24, 2.45) is 0 Å². The van der Waals surface area contributed by atoms with Crippen LogP contribution in [0.1, 0.15) is 35.7 Å². The third-order valence-electron chi connectivity index (χ3n) is 3.62. The van der Waals surface area contributed by atoms with Gasteiger partial charge < -0.3 is 10.0 Å². The van der Waals surface area contributed by atoms with Gasteiger partial charge in [0.05, 0.1) is 12.1 Å². The minimum Gasteiger partial charge on any atom is -0.394 e. The van der Waals surface area contributed by atoms with Gasteiger partial charge in [-0.3, -0.25) is 4.79 Å². The number of aliphatic hydroxyl groups is 1. The molecule has 1 N–H and O–H groups in total. The van der Waals surface area contributed by atoms with Crippen LogP contribution in [0.3, 0.4) is 0 Å². The van der Waals surface area contributed by atoms with Crippen LogP contribution in [-0.2, 0) is 0 Å². The van der Waals surface area contributed by atoms with Crippen molar-refractivity contribution in [2.75, 3.05) is 13.2 Å². The SMILES string of the molecule is Cc1cc(Br)cc(C(=O)N2CCC[C@@]2(C)CO)c1. The van der Waals surface area contributed by atoms with Gasteiger partial charge in [0.25, 0.3) is 5.91 Å². The summed E-state index contributed by atoms with van der Waals surface area (Å²) in [5, 5.41) is 9.50. The van der Waals surface area contributed by atoms with E-state index in [9.17, 15) is 9.90 Å². The lowest BCUT2D eigenvalue weighted by molar-refractivity contribution is 0.0473. The number of carbonyl (C=O) groups is 1. The highest BCUT2D eigenvalue weighted by Gasteiger charge is 2.39. The number of benzene rings is 1. The van der Waals surface area contributed by atoms with Gasteiger partial charge >= 0.3 is 0 Å². The van der Waals surface area contributed by atoms with Crippen molar-refractivity contribution in [3.63, 3.8) is 0 Å². The average Bonchev–Trinajstić information content (AvgIpc) is 2.70. The third-order valence-corrected chi connectivity index (χ3v) is 4.08. The Morgan fingerprint density at radius 1 is 1.50 bits per heavy atom. The van der Waals surface area contributed by atoms with Gasteiger partial charge in [-0.15, -0.1) is 0 Å². The normalized spacial score (nSPS) is 23.4. The topological polar surface area (TPSA) is 40.5 Å². The van der Waals surface area contributed by atoms with Crippen LogP contribution in [0.4, 0.5) is 0 Å². The summed E-state index contributed by atoms with van der Waals surface area (Å²) < 4.78 is 0.913. The van der Waals surface area contributed by atoms with Crippen LogP contribution in [0.2, 0.25) is 0 Å². The van der Waals surface area contributed by atoms with Gasteiger partial charge in [0, 0.05) is 16.6 Å². The lowest BCUT2D eigenvalue weighted by Gasteiger charge is -2.33. The van der Waals surface area contributed by atoms with Crippen molar-refractivity contribution < 1.29 is 9.90 Å². The van der Waals surface area contributed by atoms with E-state index in [2.05, 4.69) is 15.9 Å². The van der Waals surface area contributed by atoms with Crippen LogP contribution in [0.5, 0.6) is 0 Å². The quantitative estimate of drug-likeness (QED) is 0.912. The molecule has 1 heterocycles. The largest absolute Gasteiger partial charge is 0.394 e. The number of aliphatic hydroxyl groups excluding tert-OH is 1. The van der Waals surface area contributed by atoms with Crippen molar-refractivity contribution >= 4 is 21.8 Å². The van der Waals surface area contributed by atoms with Gasteiger partial charge in [0.2, 0.25) is 0 Å². The van der Waals surface area contributed by atoms with E-state index in [0.29, 0.717) is 5.56 Å². The zero-order chi connectivity index (χ0) is 13.3. The lowest BCUT2D eigenvalue weighted by atomic mass is 9.99. The van der Waals surface area contributed by atoms with Gasteiger partial charge in [-0.05, 0) is 50.5 Å². The molecule has 1 saturated heterocycles. The molecule has 0 unspecified atom stereocenters. The molecule has 0 spiro atoms. The van der Waals surface area contributed by atoms with E-state index in [-0.39, 0.29) is 12.5 Å². The number of carbonyl (C=O) groups excluding carboxylic acids is 1. The molecule has 0 aliphatic carbocycles. The summed E-state index contributed by atoms with van der Waals surface area (Å²) in [5.41, 5.74) is 1.33. The van der Waals surface area contributed by atoms with Gasteiger partial charge in [-0.1, -0.05) is 15.9 Å². The van der Waals surface area contributed by atoms with Crippen LogP contribution in [-0.4, -0.2) is 34.6 Å². The second-order valence-electron chi connectivity index (χ2n) is 5.23. The summed E-state index contributed by atoms with van der Waals surface area (Å²) in [6.45, 7) is 4.66. The van der Waals surface area contributed by atoms with Crippen molar-refractivity contribution in [3.05, 3.63) is 33.8 Å². The summed E-state index contributed by atoms with van der Waals surface area (Å²) in [4.78, 5) is 14.3. The zero-order valence-corrected chi connectivity index (χ0v) is 12.3. The second kappa shape index (κ2) is 5.02. The van der Waals surface area contributed by atoms with Crippen LogP contribution < -0.4 is 0 Å². The molecule has 1 aromatic carbocycles. The van der Waals surface area contributed by atoms with Crippen LogP contribution in [0, 0.1) is 6.92 Å². The Morgan fingerprint density at radius 2 is 2.22 bits per heavy atom. The van der Waals surface area contributed by atoms with Crippen molar-refractivity contribution in [3.8, 4) is 0 Å². The molecule has 1 aliphatic heterocycles. The number of likely N-dealkylation sites (tertiary alicyclic amines) is 1. The maximum atomic E-state index is 12.5. The Morgan fingerprint density at radius 3 is 2.83 bits per heavy atom. The molecule has 0 bridgehead atoms. The highest BCUT2D eigenvalue weighted by atomic mass is 79.9. The lowest BCUT2D eigenvalue weighted by Crippen LogP contribution is -2.47. The van der Waals surface area contributed by atoms with Crippen LogP contribution in [0.25, 0.3) is 0 Å². The maximum absolute atomic E-state index is 12.5. The minimum absolute atomic E-state index is 0.00782. The summed E-state index contributed by atoms with van der Waals surface area (Å²) in [6, 6.07) is 5.71. The molecule has 4 heteroatoms. The first-order chi connectivity index (χ1) is 8.46. The smallest absolute Gasteiger partial charge is 0.254 e. The van der Waals surface area contributed by atoms with Gasteiger partial charge in [-0.2, -0.15) is 0 Å². The van der Waals surface area contributed by atoms with E-state index in [1.807, 2.05) is 32.0 Å². The van der Waals surface area contributed by atoms with Gasteiger partial charge in [-0.25, -0.2) is 0 Å². The maximum Gasteiger partial charge on any atom is 0.254 e. The Bertz CT molecular complexity index is 455. The molecule has 1 fully saturated rings. The predicted molar refractivity (Wildman–Crippen MR) is 74.6 cm³/mol. The molecule has 1 aliphatic rings. The molecule has 3 nitrogen and oxygen atoms in total. The molecular weight excluding hydrogens is 294 g/mol. The minimum atomic E-state index is -0.409. The first-order valence-electron chi connectivity index (χ1n) is 6.16. The fourth-order valence-electron chi connectivity index (χ4n) is 2.55. The van der Waals surface area contributed by atoms with Crippen LogP contribution >= 0.6 is 15.9 Å². The van der Waals surface area contributed by atoms with E-state index < -0.39 is 5.54 Å². The van der Waals surface area contributed by atoms with E-state index in [1.165, 1.54) is 0 Å². The molecule has 1 aromatic rings. The zero-order valence-electron chi connectivity index (χ0n) is 10.7. The number of hydrogen-bond donors (Lipinski definition) is 1. The monoisotopic (exact) mass is 311 g/mol. The molecular formula is C14H18BrNO2. The number of hydrogen-bond acceptors (Lipinski definition) is 2. The number of amides is 1. The van der Waals surface area contributed by atoms with E-state index >= 15 is 0 Å². The van der Waals surface area contributed by atoms with Gasteiger partial charge in [0.1, 0.15) is 0 Å². The molecule has 1 atom stereocenters. The Hall–Kier alpha value is -0.870. The van der Waals surface area contributed by atoms with Crippen molar-refractivity contribution in [1.29, 1.82) is 0 Å². The fourth-order valence-corrected chi connectivity index (χ4v) is 3.16. The standard InChI is InChI=1S/C14H18BrNO2/c1-10-6-11(8-12(15)7-10)13(18)16-5-3-4-14(16,2)9-17/h6-8,17H,3-5,9H2,1-2H3/t14-/m0/s1. The van der Waals surface area contributed by atoms with E-state index in [4.69, 9.17) is 0 Å². The summed E-state index contributed by atoms with van der Waals surface area (Å²) >= 11 is 3.42. The summed E-state index contributed by atoms with van der Waals surface area (Å²) in [6.07, 6.45) is 1.82. The molecule has 1 amide bonds. The number of aryl methyl sites for hydroxylation is 1. The molecule has 0 radical (unpaired) electrons. The molecule has 2 rings (SSSR count). The van der Waals surface area contributed by atoms with E-state index in [1.54, 1.807) is 4.90 Å². The number of halogens is 1. The highest BCUT2D eigenvalue weighted by molar-refractivity contribution is 9.10. The van der Waals surface area contributed by atoms with Crippen LogP contribution in [0.15, 0.2) is 22.7 Å². The fraction of sp³-hybridized carbons (Fsp3) is 0.500. The summed E-state index contributed by atoms with van der Waals surface area (Å²) in [5.74, 6) is 0.00782. The molecule has 18 heavy (non-hydrogen) atoms. The molecule has 98 valence electrons. The number of nitrogens with zero attached hydrogens (tertiary/aromatic N) is 1. The first-order valence-corrected chi connectivity index (χ1v) is 6.95. The summed E-state index contributed by atoms with van der Waals surface area (Å²) in [7, 11) is 0. The number of rotatable bonds is 2. The Kier molecular flexibility index (Phi) is 3.78. The van der Waals surface area contributed by atoms with Crippen molar-refractivity contribution in [1.82, 2.24) is 4.90 Å². The van der Waals surface area contributed by atoms with Crippen molar-refractivity contribution in [2.45, 2.75) is 32.2 Å². The average molecular weight is 312 g/mol.